The van der Waals surface area contributed by atoms with Crippen LogP contribution in [-0.4, -0.2) is 27.0 Å². The van der Waals surface area contributed by atoms with Gasteiger partial charge in [0.25, 0.3) is 0 Å². The van der Waals surface area contributed by atoms with Gasteiger partial charge >= 0.3 is 0 Å². The minimum Gasteiger partial charge on any atom is -0.365 e. The lowest BCUT2D eigenvalue weighted by Gasteiger charge is -2.15. The van der Waals surface area contributed by atoms with Crippen molar-refractivity contribution in [2.45, 2.75) is 18.4 Å². The number of ether oxygens (including phenoxy) is 1. The van der Waals surface area contributed by atoms with E-state index in [1.165, 1.54) is 14.0 Å². The molecule has 10 heavy (non-hydrogen) atoms. The molecule has 62 valence electrons. The van der Waals surface area contributed by atoms with Gasteiger partial charge in [-0.25, -0.2) is 13.6 Å². The molecule has 0 aliphatic rings. The Morgan fingerprint density at radius 3 is 2.00 bits per heavy atom. The fraction of sp³-hybridized carbons (Fsp3) is 1.00. The number of rotatable bonds is 3. The van der Waals surface area contributed by atoms with Crippen LogP contribution < -0.4 is 10.9 Å². The second-order valence-electron chi connectivity index (χ2n) is 1.99. The lowest BCUT2D eigenvalue weighted by molar-refractivity contribution is 0.107. The van der Waals surface area contributed by atoms with Gasteiger partial charge in [-0.05, 0) is 6.92 Å². The minimum atomic E-state index is -3.56. The summed E-state index contributed by atoms with van der Waals surface area (Å²) in [6.07, 6.45) is -0.852. The first-order chi connectivity index (χ1) is 4.39. The maximum absolute atomic E-state index is 10.5. The molecule has 0 aromatic rings. The second-order valence-corrected chi connectivity index (χ2v) is 3.92. The van der Waals surface area contributed by atoms with E-state index in [1.807, 2.05) is 0 Å². The van der Waals surface area contributed by atoms with Gasteiger partial charge in [-0.2, -0.15) is 0 Å². The van der Waals surface area contributed by atoms with E-state index in [0.717, 1.165) is 0 Å². The predicted octanol–water partition coefficient (Wildman–Crippen LogP) is -1.41. The zero-order valence-corrected chi connectivity index (χ0v) is 6.76. The lowest BCUT2D eigenvalue weighted by Crippen LogP contribution is -2.42. The van der Waals surface area contributed by atoms with E-state index in [2.05, 4.69) is 4.74 Å². The number of nitrogens with two attached hydrogens (primary N) is 2. The number of hydrogen-bond acceptors (Lipinski definition) is 4. The Morgan fingerprint density at radius 1 is 1.50 bits per heavy atom. The van der Waals surface area contributed by atoms with Crippen LogP contribution in [0.2, 0.25) is 0 Å². The molecule has 0 aromatic carbocycles. The van der Waals surface area contributed by atoms with E-state index in [-0.39, 0.29) is 0 Å². The third kappa shape index (κ3) is 2.61. The van der Waals surface area contributed by atoms with Gasteiger partial charge < -0.3 is 10.5 Å². The van der Waals surface area contributed by atoms with Crippen molar-refractivity contribution in [1.82, 2.24) is 0 Å². The first-order valence-corrected chi connectivity index (χ1v) is 4.30. The van der Waals surface area contributed by atoms with Crippen molar-refractivity contribution in [2.75, 3.05) is 7.11 Å². The molecular weight excluding hydrogens is 156 g/mol. The molecule has 0 aromatic heterocycles. The highest BCUT2D eigenvalue weighted by atomic mass is 32.2. The van der Waals surface area contributed by atoms with E-state index >= 15 is 0 Å². The predicted molar refractivity (Wildman–Crippen MR) is 37.6 cm³/mol. The number of primary sulfonamides is 1. The maximum Gasteiger partial charge on any atom is 0.215 e. The Labute approximate surface area is 60.4 Å². The van der Waals surface area contributed by atoms with Crippen molar-refractivity contribution in [3.8, 4) is 0 Å². The molecule has 2 atom stereocenters. The van der Waals surface area contributed by atoms with E-state index in [4.69, 9.17) is 10.9 Å². The van der Waals surface area contributed by atoms with E-state index in [1.54, 1.807) is 0 Å². The number of hydrogen-bond donors (Lipinski definition) is 2. The molecule has 0 radical (unpaired) electrons. The van der Waals surface area contributed by atoms with Crippen LogP contribution in [0.15, 0.2) is 0 Å². The largest absolute Gasteiger partial charge is 0.365 e. The Bertz CT molecular complexity index is 189. The molecule has 0 rings (SSSR count). The van der Waals surface area contributed by atoms with Gasteiger partial charge in [0.15, 0.2) is 0 Å². The third-order valence-corrected chi connectivity index (χ3v) is 2.56. The fourth-order valence-corrected chi connectivity index (χ4v) is 0.864. The molecule has 0 fully saturated rings. The molecule has 0 unspecified atom stereocenters. The van der Waals surface area contributed by atoms with Crippen LogP contribution in [0, 0.1) is 0 Å². The highest BCUT2D eigenvalue weighted by molar-refractivity contribution is 7.89. The molecule has 0 heterocycles. The molecule has 4 N–H and O–H groups in total. The summed E-state index contributed by atoms with van der Waals surface area (Å²) in [6.45, 7) is 1.39. The Hall–Kier alpha value is -0.170. The molecule has 0 aliphatic heterocycles. The number of methoxy groups -OCH3 is 1. The summed E-state index contributed by atoms with van der Waals surface area (Å²) >= 11 is 0. The van der Waals surface area contributed by atoms with Crippen LogP contribution in [0.4, 0.5) is 0 Å². The topological polar surface area (TPSA) is 95.4 Å². The van der Waals surface area contributed by atoms with Crippen LogP contribution in [0.25, 0.3) is 0 Å². The molecule has 0 bridgehead atoms. The quantitative estimate of drug-likeness (QED) is 0.506. The molecule has 0 spiro atoms. The van der Waals surface area contributed by atoms with Gasteiger partial charge in [-0.1, -0.05) is 0 Å². The van der Waals surface area contributed by atoms with Crippen LogP contribution in [0.3, 0.4) is 0 Å². The smallest absolute Gasteiger partial charge is 0.215 e. The average Bonchev–Trinajstić information content (AvgIpc) is 1.83. The van der Waals surface area contributed by atoms with Crippen molar-refractivity contribution in [3.05, 3.63) is 0 Å². The third-order valence-electron chi connectivity index (χ3n) is 1.25. The summed E-state index contributed by atoms with van der Waals surface area (Å²) in [5, 5.41) is 3.90. The van der Waals surface area contributed by atoms with Crippen molar-refractivity contribution >= 4 is 10.0 Å². The van der Waals surface area contributed by atoms with Gasteiger partial charge in [0, 0.05) is 7.11 Å². The van der Waals surface area contributed by atoms with Crippen LogP contribution in [0.5, 0.6) is 0 Å². The Morgan fingerprint density at radius 2 is 1.90 bits per heavy atom. The van der Waals surface area contributed by atoms with E-state index < -0.39 is 21.5 Å². The summed E-state index contributed by atoms with van der Waals surface area (Å²) in [5.74, 6) is 0. The first-order valence-electron chi connectivity index (χ1n) is 2.69. The van der Waals surface area contributed by atoms with Crippen molar-refractivity contribution in [2.24, 2.45) is 10.9 Å². The summed E-state index contributed by atoms with van der Waals surface area (Å²) < 4.78 is 25.7. The summed E-state index contributed by atoms with van der Waals surface area (Å²) in [7, 11) is -2.24. The van der Waals surface area contributed by atoms with Gasteiger partial charge in [0.2, 0.25) is 10.0 Å². The van der Waals surface area contributed by atoms with Crippen molar-refractivity contribution in [3.63, 3.8) is 0 Å². The highest BCUT2D eigenvalue weighted by Crippen LogP contribution is 1.98. The highest BCUT2D eigenvalue weighted by Gasteiger charge is 2.22. The SMILES string of the molecule is CO[C@@H](N)[C@@H](C)S(N)(=O)=O. The van der Waals surface area contributed by atoms with Gasteiger partial charge in [-0.3, -0.25) is 0 Å². The van der Waals surface area contributed by atoms with E-state index in [0.29, 0.717) is 0 Å². The lowest BCUT2D eigenvalue weighted by atomic mass is 10.4. The Balaban J connectivity index is 4.23. The Kier molecular flexibility index (Phi) is 3.23. The molecular formula is C4H12N2O3S. The molecule has 5 nitrogen and oxygen atoms in total. The molecule has 0 amide bonds. The normalized spacial score (nSPS) is 18.4. The standard InChI is InChI=1S/C4H12N2O3S/c1-3(4(5)9-2)10(6,7)8/h3-4H,5H2,1-2H3,(H2,6,7,8)/t3-,4-/m1/s1. The van der Waals surface area contributed by atoms with Crippen LogP contribution in [-0.2, 0) is 14.8 Å². The van der Waals surface area contributed by atoms with Gasteiger partial charge in [0.05, 0.1) is 0 Å². The maximum atomic E-state index is 10.5. The second kappa shape index (κ2) is 3.29. The van der Waals surface area contributed by atoms with Crippen LogP contribution in [0.1, 0.15) is 6.92 Å². The van der Waals surface area contributed by atoms with Crippen LogP contribution >= 0.6 is 0 Å². The average molecular weight is 168 g/mol. The zero-order valence-electron chi connectivity index (χ0n) is 5.94. The summed E-state index contributed by atoms with van der Waals surface area (Å²) in [6, 6.07) is 0. The molecule has 0 aliphatic carbocycles. The van der Waals surface area contributed by atoms with Gasteiger partial charge in [-0.15, -0.1) is 0 Å². The number of sulfonamides is 1. The summed E-state index contributed by atoms with van der Waals surface area (Å²) in [4.78, 5) is 0. The monoisotopic (exact) mass is 168 g/mol. The minimum absolute atomic E-state index is 0.852. The zero-order chi connectivity index (χ0) is 8.36. The first kappa shape index (κ1) is 9.83. The molecule has 0 saturated heterocycles. The summed E-state index contributed by atoms with van der Waals surface area (Å²) in [5.41, 5.74) is 5.22. The van der Waals surface area contributed by atoms with Gasteiger partial charge in [0.1, 0.15) is 11.5 Å². The molecule has 0 saturated carbocycles. The fourth-order valence-electron chi connectivity index (χ4n) is 0.379. The molecule has 6 heteroatoms. The van der Waals surface area contributed by atoms with Crippen molar-refractivity contribution in [1.29, 1.82) is 0 Å². The van der Waals surface area contributed by atoms with E-state index in [9.17, 15) is 8.42 Å². The van der Waals surface area contributed by atoms with Crippen molar-refractivity contribution < 1.29 is 13.2 Å².